The lowest BCUT2D eigenvalue weighted by Gasteiger charge is -2.35. The van der Waals surface area contributed by atoms with E-state index in [4.69, 9.17) is 4.74 Å². The van der Waals surface area contributed by atoms with Crippen molar-refractivity contribution in [2.75, 3.05) is 0 Å². The smallest absolute Gasteiger partial charge is 0.411 e. The van der Waals surface area contributed by atoms with Crippen LogP contribution in [-0.4, -0.2) is 33.7 Å². The molecule has 3 heterocycles. The number of ether oxygens (including phenoxy) is 1. The van der Waals surface area contributed by atoms with E-state index < -0.39 is 5.60 Å². The van der Waals surface area contributed by atoms with Crippen molar-refractivity contribution in [1.29, 1.82) is 0 Å². The molecule has 0 spiro atoms. The molecule has 1 amide bonds. The molecular weight excluding hydrogens is 283 g/mol. The first-order valence-corrected chi connectivity index (χ1v) is 7.67. The Balaban J connectivity index is 1.80. The molecule has 1 fully saturated rings. The van der Waals surface area contributed by atoms with Gasteiger partial charge in [-0.2, -0.15) is 0 Å². The third-order valence-corrected chi connectivity index (χ3v) is 4.06. The Hall–Kier alpha value is -1.91. The third-order valence-electron chi connectivity index (χ3n) is 4.06. The fraction of sp³-hybridized carbons (Fsp3) is 0.529. The number of amides is 1. The summed E-state index contributed by atoms with van der Waals surface area (Å²) in [6.45, 7) is 5.63. The third kappa shape index (κ3) is 2.98. The number of fused-ring (bicyclic) bond motifs is 2. The van der Waals surface area contributed by atoms with Gasteiger partial charge in [0.25, 0.3) is 0 Å². The molecule has 5 heteroatoms. The highest BCUT2D eigenvalue weighted by Crippen LogP contribution is 2.38. The summed E-state index contributed by atoms with van der Waals surface area (Å²) in [7, 11) is 0. The Morgan fingerprint density at radius 2 is 2.14 bits per heavy atom. The van der Waals surface area contributed by atoms with Gasteiger partial charge >= 0.3 is 6.09 Å². The summed E-state index contributed by atoms with van der Waals surface area (Å²) >= 11 is 0. The summed E-state index contributed by atoms with van der Waals surface area (Å²) in [5.41, 5.74) is 1.40. The van der Waals surface area contributed by atoms with Crippen molar-refractivity contribution in [1.82, 2.24) is 9.88 Å². The molecule has 1 aromatic rings. The molecule has 2 aliphatic rings. The minimum Gasteiger partial charge on any atom is -0.444 e. The maximum atomic E-state index is 13.0. The number of hydrogen-bond acceptors (Lipinski definition) is 3. The highest BCUT2D eigenvalue weighted by molar-refractivity contribution is 5.74. The van der Waals surface area contributed by atoms with Gasteiger partial charge in [-0.05, 0) is 57.7 Å². The number of aromatic nitrogens is 1. The Morgan fingerprint density at radius 1 is 1.36 bits per heavy atom. The van der Waals surface area contributed by atoms with E-state index in [0.29, 0.717) is 0 Å². The predicted octanol–water partition coefficient (Wildman–Crippen LogP) is 3.78. The molecule has 1 saturated heterocycles. The number of nitrogens with zero attached hydrogens (tertiary/aromatic N) is 2. The van der Waals surface area contributed by atoms with Crippen molar-refractivity contribution < 1.29 is 13.9 Å². The Kier molecular flexibility index (Phi) is 3.67. The van der Waals surface area contributed by atoms with Crippen LogP contribution in [0.15, 0.2) is 24.4 Å². The first-order valence-electron chi connectivity index (χ1n) is 7.67. The number of carbonyl (C=O) groups excluding carboxylic acids is 1. The summed E-state index contributed by atoms with van der Waals surface area (Å²) in [5, 5.41) is 0. The van der Waals surface area contributed by atoms with E-state index in [2.05, 4.69) is 11.1 Å². The van der Waals surface area contributed by atoms with E-state index in [1.165, 1.54) is 12.3 Å². The van der Waals surface area contributed by atoms with Crippen LogP contribution in [0.5, 0.6) is 0 Å². The molecule has 22 heavy (non-hydrogen) atoms. The second kappa shape index (κ2) is 5.38. The van der Waals surface area contributed by atoms with Gasteiger partial charge in [-0.25, -0.2) is 9.18 Å². The summed E-state index contributed by atoms with van der Waals surface area (Å²) in [4.78, 5) is 18.4. The van der Waals surface area contributed by atoms with E-state index in [0.717, 1.165) is 30.5 Å². The molecule has 1 aromatic heterocycles. The van der Waals surface area contributed by atoms with Crippen molar-refractivity contribution in [2.45, 2.75) is 57.7 Å². The quantitative estimate of drug-likeness (QED) is 0.793. The molecule has 4 nitrogen and oxygen atoms in total. The summed E-state index contributed by atoms with van der Waals surface area (Å²) in [5.74, 6) is -0.335. The zero-order valence-electron chi connectivity index (χ0n) is 13.2. The molecule has 2 atom stereocenters. The fourth-order valence-electron chi connectivity index (χ4n) is 3.19. The van der Waals surface area contributed by atoms with Crippen molar-refractivity contribution in [3.05, 3.63) is 35.9 Å². The van der Waals surface area contributed by atoms with Gasteiger partial charge in [0.05, 0.1) is 17.9 Å². The minimum absolute atomic E-state index is 0.0513. The fourth-order valence-corrected chi connectivity index (χ4v) is 3.19. The Labute approximate surface area is 130 Å². The van der Waals surface area contributed by atoms with Crippen LogP contribution in [0.2, 0.25) is 0 Å². The van der Waals surface area contributed by atoms with Crippen molar-refractivity contribution in [3.8, 4) is 0 Å². The summed E-state index contributed by atoms with van der Waals surface area (Å²) < 4.78 is 18.5. The van der Waals surface area contributed by atoms with Crippen LogP contribution < -0.4 is 0 Å². The second-order valence-corrected chi connectivity index (χ2v) is 6.94. The van der Waals surface area contributed by atoms with Crippen LogP contribution in [-0.2, 0) is 4.74 Å². The van der Waals surface area contributed by atoms with Gasteiger partial charge in [0.15, 0.2) is 0 Å². The molecule has 0 N–H and O–H groups in total. The lowest BCUT2D eigenvalue weighted by Crippen LogP contribution is -2.45. The second-order valence-electron chi connectivity index (χ2n) is 6.94. The standard InChI is InChI=1S/C17H21FN2O2/c1-17(2,3)22-16(21)20-13-5-6-14(20)9-11(8-13)15-7-4-12(18)10-19-15/h4,7-8,10,13-14H,5-6,9H2,1-3H3. The zero-order chi connectivity index (χ0) is 15.9. The van der Waals surface area contributed by atoms with Gasteiger partial charge in [-0.3, -0.25) is 9.88 Å². The molecule has 3 rings (SSSR count). The molecule has 0 radical (unpaired) electrons. The largest absolute Gasteiger partial charge is 0.444 e. The topological polar surface area (TPSA) is 42.4 Å². The SMILES string of the molecule is CC(C)(C)OC(=O)N1C2C=C(c3ccc(F)cn3)CC1CC2. The zero-order valence-corrected chi connectivity index (χ0v) is 13.2. The van der Waals surface area contributed by atoms with Crippen molar-refractivity contribution >= 4 is 11.7 Å². The van der Waals surface area contributed by atoms with E-state index in [1.807, 2.05) is 25.7 Å². The summed E-state index contributed by atoms with van der Waals surface area (Å²) in [6.07, 6.45) is 5.71. The van der Waals surface area contributed by atoms with E-state index in [-0.39, 0.29) is 24.0 Å². The molecule has 2 unspecified atom stereocenters. The minimum atomic E-state index is -0.487. The predicted molar refractivity (Wildman–Crippen MR) is 81.7 cm³/mol. The first-order chi connectivity index (χ1) is 10.3. The summed E-state index contributed by atoms with van der Waals surface area (Å²) in [6, 6.07) is 3.32. The number of rotatable bonds is 1. The maximum Gasteiger partial charge on any atom is 0.411 e. The number of carbonyl (C=O) groups is 1. The Morgan fingerprint density at radius 3 is 2.73 bits per heavy atom. The number of pyridine rings is 1. The molecule has 0 aromatic carbocycles. The molecule has 118 valence electrons. The highest BCUT2D eigenvalue weighted by Gasteiger charge is 2.41. The molecule has 2 bridgehead atoms. The molecule has 0 saturated carbocycles. The maximum absolute atomic E-state index is 13.0. The van der Waals surface area contributed by atoms with Crippen molar-refractivity contribution in [3.63, 3.8) is 0 Å². The van der Waals surface area contributed by atoms with Crippen LogP contribution in [0.3, 0.4) is 0 Å². The number of hydrogen-bond donors (Lipinski definition) is 0. The normalized spacial score (nSPS) is 24.2. The van der Waals surface area contributed by atoms with E-state index in [1.54, 1.807) is 6.07 Å². The lowest BCUT2D eigenvalue weighted by atomic mass is 9.98. The average molecular weight is 304 g/mol. The number of halogens is 1. The van der Waals surface area contributed by atoms with Gasteiger partial charge in [0.1, 0.15) is 11.4 Å². The van der Waals surface area contributed by atoms with E-state index in [9.17, 15) is 9.18 Å². The van der Waals surface area contributed by atoms with Crippen LogP contribution >= 0.6 is 0 Å². The highest BCUT2D eigenvalue weighted by atomic mass is 19.1. The van der Waals surface area contributed by atoms with Gasteiger partial charge in [-0.1, -0.05) is 6.08 Å². The molecule has 2 aliphatic heterocycles. The van der Waals surface area contributed by atoms with Gasteiger partial charge < -0.3 is 4.74 Å². The first kappa shape index (κ1) is 15.0. The van der Waals surface area contributed by atoms with Gasteiger partial charge in [0.2, 0.25) is 0 Å². The van der Waals surface area contributed by atoms with Crippen LogP contribution in [0.1, 0.15) is 45.7 Å². The van der Waals surface area contributed by atoms with Crippen LogP contribution in [0, 0.1) is 5.82 Å². The van der Waals surface area contributed by atoms with Crippen molar-refractivity contribution in [2.24, 2.45) is 0 Å². The monoisotopic (exact) mass is 304 g/mol. The van der Waals surface area contributed by atoms with Crippen LogP contribution in [0.25, 0.3) is 5.57 Å². The Bertz CT molecular complexity index is 604. The van der Waals surface area contributed by atoms with Gasteiger partial charge in [-0.15, -0.1) is 0 Å². The van der Waals surface area contributed by atoms with Crippen LogP contribution in [0.4, 0.5) is 9.18 Å². The lowest BCUT2D eigenvalue weighted by molar-refractivity contribution is 0.0175. The van der Waals surface area contributed by atoms with E-state index >= 15 is 0 Å². The van der Waals surface area contributed by atoms with Gasteiger partial charge in [0, 0.05) is 6.04 Å². The average Bonchev–Trinajstić information content (AvgIpc) is 2.69. The molecular formula is C17H21FN2O2. The molecule has 0 aliphatic carbocycles.